The van der Waals surface area contributed by atoms with Gasteiger partial charge in [-0.25, -0.2) is 4.79 Å². The molecule has 2 bridgehead atoms. The summed E-state index contributed by atoms with van der Waals surface area (Å²) in [6.45, 7) is -0.665. The zero-order chi connectivity index (χ0) is 28.7. The summed E-state index contributed by atoms with van der Waals surface area (Å²) < 4.78 is 5.09. The van der Waals surface area contributed by atoms with Gasteiger partial charge in [-0.2, -0.15) is 0 Å². The fraction of sp³-hybridized carbons (Fsp3) is 0.258. The number of anilines is 1. The molecule has 2 N–H and O–H groups in total. The number of halogens is 1. The number of nitrogens with one attached hydrogen (secondary N) is 2. The molecule has 3 aliphatic rings. The second kappa shape index (κ2) is 10.8. The standard InChI is InChI=1S/C31H26ClN3O6/c32-24-12-5-4-11-21(24)28(37)34-33-25(36)16-41-31(40)18-9-6-10-20(13-18)35-29(38)26-19-14-22(17-7-2-1-3-8-17)23(15-19)27(26)30(35)39/h1-13,19,22-23,26-27H,14-16H2,(H,33,36)(H,34,37)/t19-,22+,23+,26+,27-/m0/s1. The first-order chi connectivity index (χ1) is 19.8. The molecule has 3 fully saturated rings. The van der Waals surface area contributed by atoms with E-state index in [2.05, 4.69) is 23.0 Å². The largest absolute Gasteiger partial charge is 0.452 e. The number of hydrazine groups is 1. The number of amides is 4. The van der Waals surface area contributed by atoms with Crippen LogP contribution in [0.2, 0.25) is 5.02 Å². The van der Waals surface area contributed by atoms with Gasteiger partial charge in [-0.15, -0.1) is 0 Å². The number of rotatable bonds is 6. The number of carbonyl (C=O) groups is 5. The number of imide groups is 1. The molecule has 6 rings (SSSR count). The lowest BCUT2D eigenvalue weighted by molar-refractivity contribution is -0.125. The third-order valence-corrected chi connectivity index (χ3v) is 8.68. The highest BCUT2D eigenvalue weighted by Gasteiger charge is 2.64. The van der Waals surface area contributed by atoms with Gasteiger partial charge in [0, 0.05) is 0 Å². The van der Waals surface area contributed by atoms with Crippen molar-refractivity contribution < 1.29 is 28.7 Å². The number of benzene rings is 3. The van der Waals surface area contributed by atoms with E-state index in [4.69, 9.17) is 16.3 Å². The Morgan fingerprint density at radius 3 is 2.37 bits per heavy atom. The van der Waals surface area contributed by atoms with E-state index in [0.29, 0.717) is 5.69 Å². The van der Waals surface area contributed by atoms with Gasteiger partial charge in [-0.1, -0.05) is 60.1 Å². The van der Waals surface area contributed by atoms with E-state index >= 15 is 0 Å². The maximum atomic E-state index is 13.6. The molecular formula is C31H26ClN3O6. The van der Waals surface area contributed by atoms with Gasteiger partial charge in [0.25, 0.3) is 11.8 Å². The molecule has 2 aliphatic carbocycles. The SMILES string of the molecule is O=C(COC(=O)c1cccc(N2C(=O)[C@@H]3[C@@H]4C[C@@H]([C@@H]3C2=O)[C@@H](c2ccccc2)C4)c1)NNC(=O)c1ccccc1Cl. The lowest BCUT2D eigenvalue weighted by Gasteiger charge is -2.28. The van der Waals surface area contributed by atoms with Gasteiger partial charge in [0.15, 0.2) is 6.61 Å². The minimum atomic E-state index is -0.817. The van der Waals surface area contributed by atoms with Crippen LogP contribution in [-0.4, -0.2) is 36.2 Å². The van der Waals surface area contributed by atoms with Crippen molar-refractivity contribution in [2.45, 2.75) is 18.8 Å². The highest BCUT2D eigenvalue weighted by Crippen LogP contribution is 2.61. The maximum Gasteiger partial charge on any atom is 0.338 e. The van der Waals surface area contributed by atoms with Crippen molar-refractivity contribution in [2.75, 3.05) is 11.5 Å². The fourth-order valence-electron chi connectivity index (χ4n) is 6.66. The van der Waals surface area contributed by atoms with Crippen LogP contribution in [0.25, 0.3) is 0 Å². The second-order valence-electron chi connectivity index (χ2n) is 10.6. The van der Waals surface area contributed by atoms with Crippen LogP contribution in [0.15, 0.2) is 78.9 Å². The zero-order valence-corrected chi connectivity index (χ0v) is 22.5. The number of nitrogens with zero attached hydrogens (tertiary/aromatic N) is 1. The number of hydrogen-bond donors (Lipinski definition) is 2. The molecule has 0 spiro atoms. The average Bonchev–Trinajstić information content (AvgIpc) is 3.66. The third kappa shape index (κ3) is 4.86. The molecule has 1 heterocycles. The van der Waals surface area contributed by atoms with Crippen molar-refractivity contribution in [1.29, 1.82) is 0 Å². The third-order valence-electron chi connectivity index (χ3n) is 8.35. The van der Waals surface area contributed by atoms with Crippen molar-refractivity contribution in [3.05, 3.63) is 101 Å². The Morgan fingerprint density at radius 1 is 0.854 bits per heavy atom. The number of carbonyl (C=O) groups excluding carboxylic acids is 5. The first kappa shape index (κ1) is 26.7. The Hall–Kier alpha value is -4.50. The van der Waals surface area contributed by atoms with Crippen LogP contribution in [-0.2, 0) is 19.1 Å². The highest BCUT2D eigenvalue weighted by molar-refractivity contribution is 6.33. The Labute approximate surface area is 240 Å². The molecular weight excluding hydrogens is 546 g/mol. The molecule has 0 aromatic heterocycles. The minimum Gasteiger partial charge on any atom is -0.452 e. The molecule has 10 heteroatoms. The number of fused-ring (bicyclic) bond motifs is 5. The molecule has 1 saturated heterocycles. The van der Waals surface area contributed by atoms with Crippen LogP contribution < -0.4 is 15.8 Å². The average molecular weight is 572 g/mol. The van der Waals surface area contributed by atoms with Gasteiger partial charge in [-0.05, 0) is 66.5 Å². The Morgan fingerprint density at radius 2 is 1.59 bits per heavy atom. The van der Waals surface area contributed by atoms with Crippen LogP contribution in [0.3, 0.4) is 0 Å². The summed E-state index contributed by atoms with van der Waals surface area (Å²) >= 11 is 5.97. The molecule has 0 unspecified atom stereocenters. The van der Waals surface area contributed by atoms with Crippen molar-refractivity contribution >= 4 is 46.9 Å². The zero-order valence-electron chi connectivity index (χ0n) is 21.8. The molecule has 0 radical (unpaired) electrons. The second-order valence-corrected chi connectivity index (χ2v) is 11.0. The number of ether oxygens (including phenoxy) is 1. The Balaban J connectivity index is 1.08. The lowest BCUT2D eigenvalue weighted by Crippen LogP contribution is -2.43. The summed E-state index contributed by atoms with van der Waals surface area (Å²) in [6.07, 6.45) is 1.75. The summed E-state index contributed by atoms with van der Waals surface area (Å²) in [5.74, 6) is -2.86. The molecule has 4 amide bonds. The molecule has 5 atom stereocenters. The smallest absolute Gasteiger partial charge is 0.338 e. The first-order valence-electron chi connectivity index (χ1n) is 13.4. The Bertz CT molecular complexity index is 1560. The highest BCUT2D eigenvalue weighted by atomic mass is 35.5. The van der Waals surface area contributed by atoms with E-state index in [1.165, 1.54) is 34.7 Å². The molecule has 3 aromatic rings. The van der Waals surface area contributed by atoms with E-state index in [1.807, 2.05) is 18.2 Å². The van der Waals surface area contributed by atoms with Crippen molar-refractivity contribution in [3.8, 4) is 0 Å². The predicted molar refractivity (Wildman–Crippen MR) is 149 cm³/mol. The maximum absolute atomic E-state index is 13.6. The van der Waals surface area contributed by atoms with Crippen molar-refractivity contribution in [1.82, 2.24) is 10.9 Å². The summed E-state index contributed by atoms with van der Waals surface area (Å²) in [6, 6.07) is 22.5. The van der Waals surface area contributed by atoms with E-state index < -0.39 is 24.4 Å². The lowest BCUT2D eigenvalue weighted by atomic mass is 9.73. The monoisotopic (exact) mass is 571 g/mol. The predicted octanol–water partition coefficient (Wildman–Crippen LogP) is 3.89. The van der Waals surface area contributed by atoms with E-state index in [0.717, 1.165) is 12.8 Å². The van der Waals surface area contributed by atoms with Crippen LogP contribution in [0.1, 0.15) is 45.0 Å². The summed E-state index contributed by atoms with van der Waals surface area (Å²) in [7, 11) is 0. The van der Waals surface area contributed by atoms with Gasteiger partial charge >= 0.3 is 5.97 Å². The summed E-state index contributed by atoms with van der Waals surface area (Å²) in [5.41, 5.74) is 6.13. The van der Waals surface area contributed by atoms with Crippen LogP contribution in [0, 0.1) is 23.7 Å². The summed E-state index contributed by atoms with van der Waals surface area (Å²) in [5, 5.41) is 0.216. The molecule has 1 aliphatic heterocycles. The normalized spacial score (nSPS) is 24.2. The van der Waals surface area contributed by atoms with E-state index in [1.54, 1.807) is 24.3 Å². The first-order valence-corrected chi connectivity index (χ1v) is 13.7. The van der Waals surface area contributed by atoms with Gasteiger partial charge in [-0.3, -0.25) is 34.9 Å². The topological polar surface area (TPSA) is 122 Å². The van der Waals surface area contributed by atoms with Crippen molar-refractivity contribution in [2.24, 2.45) is 23.7 Å². The molecule has 41 heavy (non-hydrogen) atoms. The van der Waals surface area contributed by atoms with E-state index in [9.17, 15) is 24.0 Å². The fourth-order valence-corrected chi connectivity index (χ4v) is 6.88. The van der Waals surface area contributed by atoms with Crippen LogP contribution in [0.5, 0.6) is 0 Å². The van der Waals surface area contributed by atoms with E-state index in [-0.39, 0.29) is 57.6 Å². The Kier molecular flexibility index (Phi) is 7.05. The van der Waals surface area contributed by atoms with Crippen LogP contribution >= 0.6 is 11.6 Å². The summed E-state index contributed by atoms with van der Waals surface area (Å²) in [4.78, 5) is 65.3. The van der Waals surface area contributed by atoms with Gasteiger partial charge in [0.2, 0.25) is 11.8 Å². The molecule has 208 valence electrons. The van der Waals surface area contributed by atoms with Gasteiger partial charge in [0.1, 0.15) is 0 Å². The van der Waals surface area contributed by atoms with Gasteiger partial charge in [0.05, 0.1) is 33.7 Å². The quantitative estimate of drug-likeness (QED) is 0.263. The molecule has 9 nitrogen and oxygen atoms in total. The van der Waals surface area contributed by atoms with Gasteiger partial charge < -0.3 is 4.74 Å². The van der Waals surface area contributed by atoms with Crippen LogP contribution in [0.4, 0.5) is 5.69 Å². The number of esters is 1. The van der Waals surface area contributed by atoms with Crippen molar-refractivity contribution in [3.63, 3.8) is 0 Å². The number of hydrogen-bond acceptors (Lipinski definition) is 6. The minimum absolute atomic E-state index is 0.0817. The molecule has 2 saturated carbocycles. The molecule has 3 aromatic carbocycles.